The summed E-state index contributed by atoms with van der Waals surface area (Å²) in [4.78, 5) is 40.4. The van der Waals surface area contributed by atoms with Gasteiger partial charge >= 0.3 is 0 Å². The average Bonchev–Trinajstić information content (AvgIpc) is 2.96. The first-order valence-electron chi connectivity index (χ1n) is 13.5. The number of ether oxygens (including phenoxy) is 2. The van der Waals surface area contributed by atoms with Crippen LogP contribution in [0.15, 0.2) is 23.8 Å². The van der Waals surface area contributed by atoms with E-state index in [1.165, 1.54) is 18.1 Å². The third-order valence-corrected chi connectivity index (χ3v) is 8.14. The van der Waals surface area contributed by atoms with Crippen LogP contribution in [0.25, 0.3) is 0 Å². The summed E-state index contributed by atoms with van der Waals surface area (Å²) in [5.41, 5.74) is 0.905. The highest BCUT2D eigenvalue weighted by molar-refractivity contribution is 14.1. The van der Waals surface area contributed by atoms with Gasteiger partial charge in [0.1, 0.15) is 12.2 Å². The quantitative estimate of drug-likeness (QED) is 0.198. The molecule has 0 spiro atoms. The van der Waals surface area contributed by atoms with Crippen LogP contribution in [0.5, 0.6) is 11.5 Å². The van der Waals surface area contributed by atoms with Gasteiger partial charge in [-0.05, 0) is 65.1 Å². The lowest BCUT2D eigenvalue weighted by Gasteiger charge is -2.42. The van der Waals surface area contributed by atoms with E-state index < -0.39 is 35.8 Å². The molecule has 10 nitrogen and oxygen atoms in total. The molecule has 0 radical (unpaired) electrons. The molecule has 2 aliphatic carbocycles. The molecular formula is C28H39IN2O8. The lowest BCUT2D eigenvalue weighted by atomic mass is 9.85. The predicted octanol–water partition coefficient (Wildman–Crippen LogP) is 2.10. The zero-order valence-electron chi connectivity index (χ0n) is 22.5. The third kappa shape index (κ3) is 7.92. The van der Waals surface area contributed by atoms with Gasteiger partial charge in [0.05, 0.1) is 29.9 Å². The number of nitrogens with one attached hydrogen (secondary N) is 1. The number of Topliss-reactive ketones (excluding diaryl/α,β-unsaturated/α-hetero) is 1. The Kier molecular flexibility index (Phi) is 12.0. The molecular weight excluding hydrogens is 619 g/mol. The first-order chi connectivity index (χ1) is 18.7. The smallest absolute Gasteiger partial charge is 0.290 e. The molecule has 3 atom stereocenters. The molecule has 3 rings (SSSR count). The lowest BCUT2D eigenvalue weighted by Crippen LogP contribution is -2.57. The summed E-state index contributed by atoms with van der Waals surface area (Å²) in [6.45, 7) is 1.55. The minimum Gasteiger partial charge on any atom is -0.493 e. The van der Waals surface area contributed by atoms with Crippen molar-refractivity contribution in [2.24, 2.45) is 5.92 Å². The van der Waals surface area contributed by atoms with Crippen molar-refractivity contribution in [1.29, 1.82) is 0 Å². The average molecular weight is 659 g/mol. The van der Waals surface area contributed by atoms with Gasteiger partial charge in [0.25, 0.3) is 5.91 Å². The fraction of sp³-hybridized carbons (Fsp3) is 0.607. The fourth-order valence-electron chi connectivity index (χ4n) is 5.22. The van der Waals surface area contributed by atoms with E-state index in [0.717, 1.165) is 32.1 Å². The molecule has 0 heterocycles. The van der Waals surface area contributed by atoms with Crippen LogP contribution in [0.4, 0.5) is 0 Å². The van der Waals surface area contributed by atoms with Crippen molar-refractivity contribution < 1.29 is 39.2 Å². The maximum atomic E-state index is 13.4. The largest absolute Gasteiger partial charge is 0.493 e. The van der Waals surface area contributed by atoms with Crippen molar-refractivity contribution in [1.82, 2.24) is 10.2 Å². The number of aliphatic hydroxyl groups is 3. The Hall–Kier alpha value is -2.22. The molecule has 1 aromatic rings. The van der Waals surface area contributed by atoms with E-state index in [0.29, 0.717) is 27.2 Å². The highest BCUT2D eigenvalue weighted by Crippen LogP contribution is 2.37. The highest BCUT2D eigenvalue weighted by atomic mass is 127. The zero-order chi connectivity index (χ0) is 28.5. The Morgan fingerprint density at radius 3 is 2.49 bits per heavy atom. The van der Waals surface area contributed by atoms with Crippen molar-refractivity contribution in [2.45, 2.75) is 76.7 Å². The first-order valence-corrected chi connectivity index (χ1v) is 14.6. The van der Waals surface area contributed by atoms with E-state index in [1.54, 1.807) is 19.1 Å². The van der Waals surface area contributed by atoms with Gasteiger partial charge in [-0.1, -0.05) is 26.2 Å². The molecule has 39 heavy (non-hydrogen) atoms. The summed E-state index contributed by atoms with van der Waals surface area (Å²) in [5, 5.41) is 33.0. The Morgan fingerprint density at radius 2 is 1.87 bits per heavy atom. The Labute approximate surface area is 242 Å². The van der Waals surface area contributed by atoms with Gasteiger partial charge in [0.15, 0.2) is 11.5 Å². The predicted molar refractivity (Wildman–Crippen MR) is 152 cm³/mol. The Bertz CT molecular complexity index is 1060. The van der Waals surface area contributed by atoms with Crippen LogP contribution in [0, 0.1) is 9.49 Å². The monoisotopic (exact) mass is 658 g/mol. The topological polar surface area (TPSA) is 146 Å². The van der Waals surface area contributed by atoms with E-state index in [4.69, 9.17) is 9.47 Å². The molecule has 1 saturated carbocycles. The van der Waals surface area contributed by atoms with Crippen LogP contribution in [0.1, 0.15) is 57.4 Å². The van der Waals surface area contributed by atoms with Crippen LogP contribution in [0.2, 0.25) is 0 Å². The number of ketones is 1. The molecule has 2 aliphatic rings. The Balaban J connectivity index is 2.01. The molecule has 2 amide bonds. The number of amides is 2. The minimum atomic E-state index is -1.24. The summed E-state index contributed by atoms with van der Waals surface area (Å²) in [5.74, 6) is -0.797. The van der Waals surface area contributed by atoms with Crippen molar-refractivity contribution in [2.75, 3.05) is 26.8 Å². The van der Waals surface area contributed by atoms with Crippen molar-refractivity contribution >= 4 is 40.2 Å². The molecule has 1 aromatic carbocycles. The molecule has 0 aromatic heterocycles. The summed E-state index contributed by atoms with van der Waals surface area (Å²) >= 11 is 2.04. The first kappa shape index (κ1) is 31.3. The number of hydrogen-bond acceptors (Lipinski definition) is 8. The van der Waals surface area contributed by atoms with Gasteiger partial charge < -0.3 is 35.0 Å². The van der Waals surface area contributed by atoms with Gasteiger partial charge in [0, 0.05) is 31.5 Å². The number of carbonyl (C=O) groups is 3. The number of carbonyl (C=O) groups excluding carboxylic acids is 3. The van der Waals surface area contributed by atoms with Gasteiger partial charge in [-0.3, -0.25) is 14.4 Å². The van der Waals surface area contributed by atoms with Crippen LogP contribution in [-0.2, 0) is 21.0 Å². The number of methoxy groups -OCH3 is 1. The van der Waals surface area contributed by atoms with Crippen molar-refractivity contribution in [3.63, 3.8) is 0 Å². The molecule has 0 bridgehead atoms. The van der Waals surface area contributed by atoms with Crippen molar-refractivity contribution in [3.8, 4) is 11.5 Å². The normalized spacial score (nSPS) is 21.6. The number of aliphatic hydroxyl groups excluding tert-OH is 3. The minimum absolute atomic E-state index is 0.0332. The van der Waals surface area contributed by atoms with Crippen LogP contribution in [0.3, 0.4) is 0 Å². The van der Waals surface area contributed by atoms with Gasteiger partial charge in [0.2, 0.25) is 11.7 Å². The number of benzene rings is 1. The lowest BCUT2D eigenvalue weighted by molar-refractivity contribution is -0.150. The van der Waals surface area contributed by atoms with E-state index in [1.807, 2.05) is 22.6 Å². The second-order valence-electron chi connectivity index (χ2n) is 10.0. The molecule has 1 fully saturated rings. The highest BCUT2D eigenvalue weighted by Gasteiger charge is 2.42. The van der Waals surface area contributed by atoms with Crippen molar-refractivity contribution in [3.05, 3.63) is 32.9 Å². The van der Waals surface area contributed by atoms with Crippen LogP contribution in [-0.4, -0.2) is 82.9 Å². The number of rotatable bonds is 12. The van der Waals surface area contributed by atoms with Gasteiger partial charge in [-0.2, -0.15) is 0 Å². The standard InChI is InChI=1S/C28H39IN2O8/c1-3-22(34)28(37)31(15-17-7-5-4-6-8-17)21-13-19(27(36)30-9-10-32)14-23(25(21)35)39-26-20(29)11-18(16-33)12-24(26)38-2/h11-12,14,17,21,23,25,32-33,35H,3-10,13,15-16H2,1-2H3,(H,30,36)/t21-,23+,25+/m1/s1. The van der Waals surface area contributed by atoms with Gasteiger partial charge in [-0.25, -0.2) is 0 Å². The second kappa shape index (κ2) is 15.0. The summed E-state index contributed by atoms with van der Waals surface area (Å²) in [6, 6.07) is 2.48. The van der Waals surface area contributed by atoms with Gasteiger partial charge in [-0.15, -0.1) is 0 Å². The van der Waals surface area contributed by atoms with Crippen LogP contribution < -0.4 is 14.8 Å². The van der Waals surface area contributed by atoms with E-state index in [2.05, 4.69) is 5.32 Å². The summed E-state index contributed by atoms with van der Waals surface area (Å²) < 4.78 is 12.3. The zero-order valence-corrected chi connectivity index (χ0v) is 24.7. The maximum absolute atomic E-state index is 13.4. The van der Waals surface area contributed by atoms with E-state index in [9.17, 15) is 29.7 Å². The molecule has 4 N–H and O–H groups in total. The van der Waals surface area contributed by atoms with E-state index in [-0.39, 0.29) is 44.1 Å². The third-order valence-electron chi connectivity index (χ3n) is 7.34. The fourth-order valence-corrected chi connectivity index (χ4v) is 6.02. The molecule has 216 valence electrons. The Morgan fingerprint density at radius 1 is 1.15 bits per heavy atom. The number of halogens is 1. The number of hydrogen-bond donors (Lipinski definition) is 4. The second-order valence-corrected chi connectivity index (χ2v) is 11.2. The summed E-state index contributed by atoms with van der Waals surface area (Å²) in [7, 11) is 1.46. The molecule has 0 saturated heterocycles. The molecule has 0 unspecified atom stereocenters. The van der Waals surface area contributed by atoms with E-state index >= 15 is 0 Å². The molecule has 0 aliphatic heterocycles. The molecule has 11 heteroatoms. The SMILES string of the molecule is CCC(=O)C(=O)N(CC1CCCCC1)[C@@H]1CC(C(=O)NCCO)=C[C@H](Oc2c(I)cc(CO)cc2OC)[C@H]1O. The summed E-state index contributed by atoms with van der Waals surface area (Å²) in [6.07, 6.45) is 4.39. The maximum Gasteiger partial charge on any atom is 0.290 e. The van der Waals surface area contributed by atoms with Crippen LogP contribution >= 0.6 is 22.6 Å². The number of nitrogens with zero attached hydrogens (tertiary/aromatic N) is 1.